The molecule has 0 aliphatic rings. The number of amides is 2. The zero-order valence-electron chi connectivity index (χ0n) is 14.2. The molecule has 2 unspecified atom stereocenters. The molecule has 1 aromatic rings. The van der Waals surface area contributed by atoms with Crippen molar-refractivity contribution in [1.29, 1.82) is 0 Å². The lowest BCUT2D eigenvalue weighted by atomic mass is 10.1. The highest BCUT2D eigenvalue weighted by atomic mass is 16.5. The molecule has 2 amide bonds. The first-order valence-corrected chi connectivity index (χ1v) is 7.43. The van der Waals surface area contributed by atoms with E-state index in [2.05, 4.69) is 17.2 Å². The normalized spacial score (nSPS) is 13.1. The van der Waals surface area contributed by atoms with Crippen molar-refractivity contribution in [1.82, 2.24) is 10.8 Å². The van der Waals surface area contributed by atoms with E-state index in [1.807, 2.05) is 13.8 Å². The molecule has 0 aromatic heterocycles. The highest BCUT2D eigenvalue weighted by molar-refractivity contribution is 5.97. The van der Waals surface area contributed by atoms with E-state index in [1.165, 1.54) is 5.48 Å². The molecule has 0 aliphatic carbocycles. The van der Waals surface area contributed by atoms with Crippen LogP contribution < -0.4 is 21.3 Å². The summed E-state index contributed by atoms with van der Waals surface area (Å²) in [7, 11) is 0. The molecule has 7 heteroatoms. The summed E-state index contributed by atoms with van der Waals surface area (Å²) in [5.74, 6) is 5.03. The van der Waals surface area contributed by atoms with Crippen molar-refractivity contribution in [3.8, 4) is 17.6 Å². The van der Waals surface area contributed by atoms with Crippen molar-refractivity contribution in [2.45, 2.75) is 45.4 Å². The summed E-state index contributed by atoms with van der Waals surface area (Å²) in [4.78, 5) is 23.7. The second-order valence-electron chi connectivity index (χ2n) is 5.80. The Hall–Kier alpha value is -2.56. The zero-order chi connectivity index (χ0) is 18.3. The van der Waals surface area contributed by atoms with Crippen LogP contribution in [0.1, 0.15) is 38.1 Å². The van der Waals surface area contributed by atoms with Crippen LogP contribution in [-0.4, -0.2) is 34.7 Å². The summed E-state index contributed by atoms with van der Waals surface area (Å²) in [5, 5.41) is 11.2. The summed E-state index contributed by atoms with van der Waals surface area (Å²) in [6.45, 7) is 6.96. The number of rotatable bonds is 6. The molecule has 0 aliphatic heterocycles. The molecule has 0 fully saturated rings. The first-order chi connectivity index (χ1) is 11.2. The third-order valence-electron chi connectivity index (χ3n) is 3.12. The van der Waals surface area contributed by atoms with Gasteiger partial charge in [0, 0.05) is 11.6 Å². The van der Waals surface area contributed by atoms with Gasteiger partial charge in [0.2, 0.25) is 0 Å². The molecule has 0 bridgehead atoms. The number of benzene rings is 1. The highest BCUT2D eigenvalue weighted by Crippen LogP contribution is 2.18. The minimum Gasteiger partial charge on any atom is -0.475 e. The third-order valence-corrected chi connectivity index (χ3v) is 3.12. The fourth-order valence-electron chi connectivity index (χ4n) is 2.03. The molecular formula is C17H23N3O4. The van der Waals surface area contributed by atoms with E-state index in [-0.39, 0.29) is 0 Å². The number of hydrogen-bond acceptors (Lipinski definition) is 5. The lowest BCUT2D eigenvalue weighted by Gasteiger charge is -2.21. The molecule has 130 valence electrons. The lowest BCUT2D eigenvalue weighted by molar-refractivity contribution is -0.131. The van der Waals surface area contributed by atoms with E-state index in [9.17, 15) is 9.59 Å². The summed E-state index contributed by atoms with van der Waals surface area (Å²) in [6.07, 6.45) is 0. The molecule has 0 spiro atoms. The van der Waals surface area contributed by atoms with Gasteiger partial charge in [-0.3, -0.25) is 14.8 Å². The van der Waals surface area contributed by atoms with E-state index in [4.69, 9.17) is 15.7 Å². The van der Waals surface area contributed by atoms with Crippen molar-refractivity contribution >= 4 is 11.8 Å². The van der Waals surface area contributed by atoms with Gasteiger partial charge in [0.1, 0.15) is 11.8 Å². The smallest absolute Gasteiger partial charge is 0.267 e. The molecule has 0 saturated carbocycles. The van der Waals surface area contributed by atoms with Gasteiger partial charge in [0.15, 0.2) is 5.60 Å². The Morgan fingerprint density at radius 1 is 1.29 bits per heavy atom. The number of hydrogen-bond donors (Lipinski definition) is 4. The molecular weight excluding hydrogens is 310 g/mol. The predicted octanol–water partition coefficient (Wildman–Crippen LogP) is 0.818. The molecule has 24 heavy (non-hydrogen) atoms. The summed E-state index contributed by atoms with van der Waals surface area (Å²) >= 11 is 0. The Kier molecular flexibility index (Phi) is 6.77. The topological polar surface area (TPSA) is 114 Å². The van der Waals surface area contributed by atoms with E-state index >= 15 is 0 Å². The fourth-order valence-corrected chi connectivity index (χ4v) is 2.03. The van der Waals surface area contributed by atoms with E-state index < -0.39 is 29.5 Å². The fraction of sp³-hybridized carbons (Fsp3) is 0.412. The maximum absolute atomic E-state index is 12.2. The van der Waals surface area contributed by atoms with Crippen molar-refractivity contribution in [2.75, 3.05) is 0 Å². The maximum Gasteiger partial charge on any atom is 0.267 e. The van der Waals surface area contributed by atoms with Gasteiger partial charge >= 0.3 is 0 Å². The second-order valence-corrected chi connectivity index (χ2v) is 5.80. The standard InChI is InChI=1S/C17H23N3O4/c1-5-10-17(3,4)24-13-8-6-12(7-9-13)15(21)19-14(11(2)18)16(22)20-23/h6-9,11,14,23H,18H2,1-4H3,(H,19,21)(H,20,22). The quantitative estimate of drug-likeness (QED) is 0.350. The Labute approximate surface area is 141 Å². The van der Waals surface area contributed by atoms with Gasteiger partial charge in [0.25, 0.3) is 11.8 Å². The van der Waals surface area contributed by atoms with Crippen molar-refractivity contribution in [2.24, 2.45) is 5.73 Å². The van der Waals surface area contributed by atoms with Gasteiger partial charge in [-0.1, -0.05) is 5.92 Å². The number of carbonyl (C=O) groups excluding carboxylic acids is 2. The Bertz CT molecular complexity index is 642. The minimum absolute atomic E-state index is 0.332. The Morgan fingerprint density at radius 3 is 2.33 bits per heavy atom. The average molecular weight is 333 g/mol. The van der Waals surface area contributed by atoms with Crippen LogP contribution in [0.2, 0.25) is 0 Å². The molecule has 1 aromatic carbocycles. The molecule has 2 atom stereocenters. The van der Waals surface area contributed by atoms with Gasteiger partial charge in [-0.05, 0) is 52.0 Å². The monoisotopic (exact) mass is 333 g/mol. The highest BCUT2D eigenvalue weighted by Gasteiger charge is 2.25. The van der Waals surface area contributed by atoms with Gasteiger partial charge < -0.3 is 15.8 Å². The van der Waals surface area contributed by atoms with Crippen molar-refractivity contribution in [3.63, 3.8) is 0 Å². The molecule has 7 nitrogen and oxygen atoms in total. The zero-order valence-corrected chi connectivity index (χ0v) is 14.2. The first kappa shape index (κ1) is 19.5. The van der Waals surface area contributed by atoms with Gasteiger partial charge in [-0.25, -0.2) is 5.48 Å². The van der Waals surface area contributed by atoms with Crippen LogP contribution in [0.3, 0.4) is 0 Å². The summed E-state index contributed by atoms with van der Waals surface area (Å²) in [6, 6.07) is 4.70. The molecule has 0 saturated heterocycles. The molecule has 5 N–H and O–H groups in total. The van der Waals surface area contributed by atoms with Crippen LogP contribution in [0.15, 0.2) is 24.3 Å². The van der Waals surface area contributed by atoms with E-state index in [0.29, 0.717) is 11.3 Å². The number of nitrogens with two attached hydrogens (primary N) is 1. The average Bonchev–Trinajstić information content (AvgIpc) is 2.51. The lowest BCUT2D eigenvalue weighted by Crippen LogP contribution is -2.54. The van der Waals surface area contributed by atoms with E-state index in [0.717, 1.165) is 0 Å². The van der Waals surface area contributed by atoms with Crippen molar-refractivity contribution < 1.29 is 19.5 Å². The van der Waals surface area contributed by atoms with Crippen molar-refractivity contribution in [3.05, 3.63) is 29.8 Å². The Morgan fingerprint density at radius 2 is 1.88 bits per heavy atom. The number of ether oxygens (including phenoxy) is 1. The van der Waals surface area contributed by atoms with Crippen LogP contribution in [-0.2, 0) is 4.79 Å². The maximum atomic E-state index is 12.2. The van der Waals surface area contributed by atoms with Crippen LogP contribution in [0.4, 0.5) is 0 Å². The molecule has 0 heterocycles. The van der Waals surface area contributed by atoms with Crippen LogP contribution in [0.25, 0.3) is 0 Å². The van der Waals surface area contributed by atoms with Gasteiger partial charge in [-0.2, -0.15) is 0 Å². The predicted molar refractivity (Wildman–Crippen MR) is 89.4 cm³/mol. The Balaban J connectivity index is 2.82. The van der Waals surface area contributed by atoms with Gasteiger partial charge in [-0.15, -0.1) is 5.92 Å². The number of hydroxylamine groups is 1. The van der Waals surface area contributed by atoms with Crippen LogP contribution in [0, 0.1) is 11.8 Å². The summed E-state index contributed by atoms with van der Waals surface area (Å²) < 4.78 is 5.73. The van der Waals surface area contributed by atoms with Crippen LogP contribution >= 0.6 is 0 Å². The largest absolute Gasteiger partial charge is 0.475 e. The van der Waals surface area contributed by atoms with Crippen LogP contribution in [0.5, 0.6) is 5.75 Å². The van der Waals surface area contributed by atoms with E-state index in [1.54, 1.807) is 38.1 Å². The SMILES string of the molecule is CC#CC(C)(C)Oc1ccc(C(=O)NC(C(=O)NO)C(C)N)cc1. The second kappa shape index (κ2) is 8.34. The number of carbonyl (C=O) groups is 2. The first-order valence-electron chi connectivity index (χ1n) is 7.43. The minimum atomic E-state index is -1.04. The third kappa shape index (κ3) is 5.57. The van der Waals surface area contributed by atoms with Gasteiger partial charge in [0.05, 0.1) is 0 Å². The number of nitrogens with one attached hydrogen (secondary N) is 2. The molecule has 0 radical (unpaired) electrons. The summed E-state index contributed by atoms with van der Waals surface area (Å²) in [5.41, 5.74) is 6.82. The molecule has 1 rings (SSSR count).